The number of rotatable bonds is 5. The van der Waals surface area contributed by atoms with Gasteiger partial charge in [-0.05, 0) is 31.2 Å². The number of nitrogens with zero attached hydrogens (tertiary/aromatic N) is 1. The van der Waals surface area contributed by atoms with E-state index in [0.29, 0.717) is 12.2 Å². The summed E-state index contributed by atoms with van der Waals surface area (Å²) in [5.41, 5.74) is 0.922. The first-order chi connectivity index (χ1) is 9.13. The Labute approximate surface area is 120 Å². The van der Waals surface area contributed by atoms with E-state index in [4.69, 9.17) is 11.6 Å². The minimum Gasteiger partial charge on any atom is -0.309 e. The zero-order valence-corrected chi connectivity index (χ0v) is 12.0. The largest absolute Gasteiger partial charge is 0.309 e. The van der Waals surface area contributed by atoms with E-state index in [1.54, 1.807) is 17.8 Å². The quantitative estimate of drug-likeness (QED) is 0.830. The number of hydrogen-bond donors (Lipinski definition) is 2. The number of carbonyl (C=O) groups is 1. The van der Waals surface area contributed by atoms with Crippen molar-refractivity contribution in [3.05, 3.63) is 41.0 Å². The van der Waals surface area contributed by atoms with Gasteiger partial charge in [-0.2, -0.15) is 5.10 Å². The summed E-state index contributed by atoms with van der Waals surface area (Å²) in [6, 6.07) is 9.38. The number of thioether (sulfide) groups is 1. The fraction of sp³-hybridized carbons (Fsp3) is 0.231. The Kier molecular flexibility index (Phi) is 4.87. The molecule has 0 aliphatic rings. The van der Waals surface area contributed by atoms with E-state index in [1.165, 1.54) is 0 Å². The van der Waals surface area contributed by atoms with Gasteiger partial charge >= 0.3 is 0 Å². The van der Waals surface area contributed by atoms with Crippen molar-refractivity contribution in [3.8, 4) is 0 Å². The Hall–Kier alpha value is -1.46. The van der Waals surface area contributed by atoms with E-state index in [2.05, 4.69) is 15.5 Å². The summed E-state index contributed by atoms with van der Waals surface area (Å²) in [4.78, 5) is 12.8. The molecule has 19 heavy (non-hydrogen) atoms. The van der Waals surface area contributed by atoms with Crippen LogP contribution in [0, 0.1) is 6.92 Å². The van der Waals surface area contributed by atoms with Crippen molar-refractivity contribution in [2.24, 2.45) is 0 Å². The van der Waals surface area contributed by atoms with Gasteiger partial charge in [0, 0.05) is 33.9 Å². The number of aromatic amines is 1. The van der Waals surface area contributed by atoms with Crippen molar-refractivity contribution < 1.29 is 4.79 Å². The lowest BCUT2D eigenvalue weighted by Crippen LogP contribution is -2.12. The van der Waals surface area contributed by atoms with Gasteiger partial charge in [0.25, 0.3) is 0 Å². The van der Waals surface area contributed by atoms with Crippen LogP contribution in [0.15, 0.2) is 35.2 Å². The SMILES string of the molecule is Cc1cc(NC(=O)CCSc2ccc(Cl)cc2)n[nH]1. The summed E-state index contributed by atoms with van der Waals surface area (Å²) < 4.78 is 0. The van der Waals surface area contributed by atoms with Crippen molar-refractivity contribution in [1.82, 2.24) is 10.2 Å². The maximum Gasteiger partial charge on any atom is 0.226 e. The van der Waals surface area contributed by atoms with Crippen LogP contribution >= 0.6 is 23.4 Å². The smallest absolute Gasteiger partial charge is 0.226 e. The lowest BCUT2D eigenvalue weighted by molar-refractivity contribution is -0.115. The highest BCUT2D eigenvalue weighted by Gasteiger charge is 2.05. The number of H-pyrrole nitrogens is 1. The van der Waals surface area contributed by atoms with Crippen LogP contribution in [0.5, 0.6) is 0 Å². The molecule has 0 atom stereocenters. The summed E-state index contributed by atoms with van der Waals surface area (Å²) in [5.74, 6) is 1.25. The number of hydrogen-bond acceptors (Lipinski definition) is 3. The van der Waals surface area contributed by atoms with E-state index < -0.39 is 0 Å². The van der Waals surface area contributed by atoms with Gasteiger partial charge in [-0.3, -0.25) is 9.89 Å². The number of anilines is 1. The number of nitrogens with one attached hydrogen (secondary N) is 2. The molecule has 0 radical (unpaired) electrons. The normalized spacial score (nSPS) is 10.4. The average molecular weight is 296 g/mol. The van der Waals surface area contributed by atoms with Crippen LogP contribution < -0.4 is 5.32 Å². The van der Waals surface area contributed by atoms with E-state index in [1.807, 2.05) is 31.2 Å². The first kappa shape index (κ1) is 14.0. The van der Waals surface area contributed by atoms with Crippen molar-refractivity contribution in [1.29, 1.82) is 0 Å². The van der Waals surface area contributed by atoms with Crippen LogP contribution in [0.1, 0.15) is 12.1 Å². The second-order valence-electron chi connectivity index (χ2n) is 4.04. The van der Waals surface area contributed by atoms with Crippen LogP contribution in [0.25, 0.3) is 0 Å². The van der Waals surface area contributed by atoms with Crippen molar-refractivity contribution in [3.63, 3.8) is 0 Å². The minimum atomic E-state index is -0.0343. The molecule has 0 aliphatic carbocycles. The van der Waals surface area contributed by atoms with Gasteiger partial charge in [0.1, 0.15) is 0 Å². The number of amides is 1. The molecule has 1 amide bonds. The third-order valence-electron chi connectivity index (χ3n) is 2.38. The molecule has 6 heteroatoms. The monoisotopic (exact) mass is 295 g/mol. The first-order valence-corrected chi connectivity index (χ1v) is 7.20. The van der Waals surface area contributed by atoms with Gasteiger partial charge in [0.15, 0.2) is 5.82 Å². The number of carbonyl (C=O) groups excluding carboxylic acids is 1. The van der Waals surface area contributed by atoms with Gasteiger partial charge in [-0.1, -0.05) is 11.6 Å². The Bertz CT molecular complexity index is 553. The molecule has 2 N–H and O–H groups in total. The van der Waals surface area contributed by atoms with Crippen LogP contribution in [0.4, 0.5) is 5.82 Å². The van der Waals surface area contributed by atoms with E-state index in [-0.39, 0.29) is 5.91 Å². The molecule has 0 unspecified atom stereocenters. The highest BCUT2D eigenvalue weighted by Crippen LogP contribution is 2.21. The first-order valence-electron chi connectivity index (χ1n) is 5.84. The molecule has 0 fully saturated rings. The fourth-order valence-electron chi connectivity index (χ4n) is 1.48. The zero-order chi connectivity index (χ0) is 13.7. The van der Waals surface area contributed by atoms with Crippen molar-refractivity contribution in [2.75, 3.05) is 11.1 Å². The van der Waals surface area contributed by atoms with Crippen LogP contribution in [-0.2, 0) is 4.79 Å². The van der Waals surface area contributed by atoms with E-state index in [0.717, 1.165) is 21.4 Å². The van der Waals surface area contributed by atoms with Gasteiger partial charge in [-0.25, -0.2) is 0 Å². The average Bonchev–Trinajstić information content (AvgIpc) is 2.77. The minimum absolute atomic E-state index is 0.0343. The standard InChI is InChI=1S/C13H14ClN3OS/c1-9-8-12(17-16-9)15-13(18)6-7-19-11-4-2-10(14)3-5-11/h2-5,8H,6-7H2,1H3,(H2,15,16,17,18). The molecule has 2 rings (SSSR count). The molecule has 0 spiro atoms. The molecule has 1 aromatic heterocycles. The van der Waals surface area contributed by atoms with Gasteiger partial charge < -0.3 is 5.32 Å². The summed E-state index contributed by atoms with van der Waals surface area (Å²) in [5, 5.41) is 10.2. The van der Waals surface area contributed by atoms with Crippen molar-refractivity contribution in [2.45, 2.75) is 18.2 Å². The second-order valence-corrected chi connectivity index (χ2v) is 5.64. The molecule has 1 heterocycles. The molecule has 0 saturated carbocycles. The third kappa shape index (κ3) is 4.61. The molecule has 0 aliphatic heterocycles. The Morgan fingerprint density at radius 1 is 1.42 bits per heavy atom. The Morgan fingerprint density at radius 2 is 2.16 bits per heavy atom. The fourth-order valence-corrected chi connectivity index (χ4v) is 2.46. The number of aromatic nitrogens is 2. The topological polar surface area (TPSA) is 57.8 Å². The molecule has 4 nitrogen and oxygen atoms in total. The third-order valence-corrected chi connectivity index (χ3v) is 3.65. The highest BCUT2D eigenvalue weighted by molar-refractivity contribution is 7.99. The maximum absolute atomic E-state index is 11.7. The number of aryl methyl sites for hydroxylation is 1. The molecule has 1 aromatic carbocycles. The maximum atomic E-state index is 11.7. The summed E-state index contributed by atoms with van der Waals surface area (Å²) in [6.07, 6.45) is 0.444. The van der Waals surface area contributed by atoms with Gasteiger partial charge in [-0.15, -0.1) is 11.8 Å². The predicted octanol–water partition coefficient (Wildman–Crippen LogP) is 3.49. The molecule has 0 saturated heterocycles. The summed E-state index contributed by atoms with van der Waals surface area (Å²) in [7, 11) is 0. The molecule has 2 aromatic rings. The highest BCUT2D eigenvalue weighted by atomic mass is 35.5. The Balaban J connectivity index is 1.73. The van der Waals surface area contributed by atoms with Gasteiger partial charge in [0.05, 0.1) is 0 Å². The number of benzene rings is 1. The lowest BCUT2D eigenvalue weighted by atomic mass is 10.4. The molecular formula is C13H14ClN3OS. The van der Waals surface area contributed by atoms with E-state index in [9.17, 15) is 4.79 Å². The molecule has 0 bridgehead atoms. The second kappa shape index (κ2) is 6.63. The summed E-state index contributed by atoms with van der Waals surface area (Å²) >= 11 is 7.43. The zero-order valence-electron chi connectivity index (χ0n) is 10.4. The number of halogens is 1. The van der Waals surface area contributed by atoms with Crippen LogP contribution in [0.2, 0.25) is 5.02 Å². The van der Waals surface area contributed by atoms with Gasteiger partial charge in [0.2, 0.25) is 5.91 Å². The van der Waals surface area contributed by atoms with Crippen LogP contribution in [-0.4, -0.2) is 21.9 Å². The molecule has 100 valence electrons. The summed E-state index contributed by atoms with van der Waals surface area (Å²) in [6.45, 7) is 1.89. The lowest BCUT2D eigenvalue weighted by Gasteiger charge is -2.02. The Morgan fingerprint density at radius 3 is 2.79 bits per heavy atom. The molecular weight excluding hydrogens is 282 g/mol. The van der Waals surface area contributed by atoms with Crippen LogP contribution in [0.3, 0.4) is 0 Å². The van der Waals surface area contributed by atoms with E-state index >= 15 is 0 Å². The predicted molar refractivity (Wildman–Crippen MR) is 78.7 cm³/mol. The van der Waals surface area contributed by atoms with Crippen molar-refractivity contribution >= 4 is 35.1 Å².